The number of aliphatic hydroxyl groups is 1. The molecular weight excluding hydrogens is 136 g/mol. The molecule has 1 N–H and O–H groups in total. The lowest BCUT2D eigenvalue weighted by Gasteiger charge is -2.23. The van der Waals surface area contributed by atoms with Crippen LogP contribution >= 0.6 is 0 Å². The first-order valence-corrected chi connectivity index (χ1v) is 4.42. The summed E-state index contributed by atoms with van der Waals surface area (Å²) in [4.78, 5) is 0. The summed E-state index contributed by atoms with van der Waals surface area (Å²) in [6.45, 7) is 10.0. The Labute approximate surface area is 70.1 Å². The number of hydrogen-bond donors (Lipinski definition) is 1. The molecule has 0 spiro atoms. The van der Waals surface area contributed by atoms with Crippen molar-refractivity contribution in [3.8, 4) is 0 Å². The quantitative estimate of drug-likeness (QED) is 0.607. The predicted octanol–water partition coefficient (Wildman–Crippen LogP) is 2.61. The van der Waals surface area contributed by atoms with Gasteiger partial charge in [0.2, 0.25) is 0 Å². The molecule has 0 aromatic heterocycles. The highest BCUT2D eigenvalue weighted by atomic mass is 16.3. The maximum Gasteiger partial charge on any atom is 0.0605 e. The summed E-state index contributed by atoms with van der Waals surface area (Å²) in [7, 11) is 0. The van der Waals surface area contributed by atoms with Crippen LogP contribution in [0.1, 0.15) is 33.6 Å². The Morgan fingerprint density at radius 3 is 2.27 bits per heavy atom. The molecule has 0 rings (SSSR count). The van der Waals surface area contributed by atoms with Crippen molar-refractivity contribution >= 4 is 0 Å². The van der Waals surface area contributed by atoms with Gasteiger partial charge in [-0.1, -0.05) is 33.3 Å². The zero-order chi connectivity index (χ0) is 8.85. The largest absolute Gasteiger partial charge is 0.393 e. The summed E-state index contributed by atoms with van der Waals surface area (Å²) in [5.74, 6) is 0.989. The standard InChI is InChI=1S/C10H20O/c1-5-7-10(11)9(6-2)8(3)4/h5,8-11H,1,6-7H2,2-4H3/t9-,10-/m0/s1. The fourth-order valence-corrected chi connectivity index (χ4v) is 1.53. The maximum atomic E-state index is 9.61. The van der Waals surface area contributed by atoms with Crippen LogP contribution in [0.25, 0.3) is 0 Å². The van der Waals surface area contributed by atoms with Gasteiger partial charge in [0.25, 0.3) is 0 Å². The summed E-state index contributed by atoms with van der Waals surface area (Å²) < 4.78 is 0. The van der Waals surface area contributed by atoms with Gasteiger partial charge in [-0.05, 0) is 18.3 Å². The van der Waals surface area contributed by atoms with E-state index in [1.165, 1.54) is 0 Å². The molecule has 0 aliphatic heterocycles. The summed E-state index contributed by atoms with van der Waals surface area (Å²) in [5, 5.41) is 9.61. The molecule has 1 heteroatoms. The molecule has 0 fully saturated rings. The lowest BCUT2D eigenvalue weighted by atomic mass is 9.86. The zero-order valence-corrected chi connectivity index (χ0v) is 7.88. The molecule has 0 heterocycles. The Morgan fingerprint density at radius 1 is 1.45 bits per heavy atom. The minimum Gasteiger partial charge on any atom is -0.393 e. The van der Waals surface area contributed by atoms with Crippen molar-refractivity contribution < 1.29 is 5.11 Å². The van der Waals surface area contributed by atoms with Crippen molar-refractivity contribution in [2.45, 2.75) is 39.7 Å². The highest BCUT2D eigenvalue weighted by molar-refractivity contribution is 4.78. The molecule has 0 unspecified atom stereocenters. The lowest BCUT2D eigenvalue weighted by molar-refractivity contribution is 0.0815. The smallest absolute Gasteiger partial charge is 0.0605 e. The van der Waals surface area contributed by atoms with E-state index in [2.05, 4.69) is 27.4 Å². The Hall–Kier alpha value is -0.300. The molecule has 11 heavy (non-hydrogen) atoms. The average molecular weight is 156 g/mol. The highest BCUT2D eigenvalue weighted by Gasteiger charge is 2.18. The van der Waals surface area contributed by atoms with E-state index in [0.717, 1.165) is 12.8 Å². The normalized spacial score (nSPS) is 16.5. The van der Waals surface area contributed by atoms with E-state index in [9.17, 15) is 5.11 Å². The first-order valence-electron chi connectivity index (χ1n) is 4.42. The SMILES string of the molecule is C=CC[C@H](O)[C@@H](CC)C(C)C. The molecular formula is C10H20O. The molecule has 66 valence electrons. The lowest BCUT2D eigenvalue weighted by Crippen LogP contribution is -2.23. The molecule has 0 saturated carbocycles. The van der Waals surface area contributed by atoms with Gasteiger partial charge in [-0.25, -0.2) is 0 Å². The van der Waals surface area contributed by atoms with E-state index >= 15 is 0 Å². The van der Waals surface area contributed by atoms with Crippen LogP contribution in [-0.4, -0.2) is 11.2 Å². The van der Waals surface area contributed by atoms with Gasteiger partial charge < -0.3 is 5.11 Å². The van der Waals surface area contributed by atoms with Gasteiger partial charge in [0.15, 0.2) is 0 Å². The Bertz CT molecular complexity index is 107. The monoisotopic (exact) mass is 156 g/mol. The second-order valence-corrected chi connectivity index (χ2v) is 3.41. The molecule has 0 aliphatic rings. The topological polar surface area (TPSA) is 20.2 Å². The van der Waals surface area contributed by atoms with E-state index in [1.54, 1.807) is 6.08 Å². The van der Waals surface area contributed by atoms with E-state index in [1.807, 2.05) is 0 Å². The highest BCUT2D eigenvalue weighted by Crippen LogP contribution is 2.21. The maximum absolute atomic E-state index is 9.61. The zero-order valence-electron chi connectivity index (χ0n) is 7.88. The molecule has 0 amide bonds. The molecule has 0 aliphatic carbocycles. The first-order chi connectivity index (χ1) is 5.13. The van der Waals surface area contributed by atoms with Gasteiger partial charge in [-0.3, -0.25) is 0 Å². The van der Waals surface area contributed by atoms with Gasteiger partial charge in [-0.2, -0.15) is 0 Å². The van der Waals surface area contributed by atoms with Gasteiger partial charge in [0, 0.05) is 0 Å². The minimum absolute atomic E-state index is 0.197. The molecule has 0 radical (unpaired) electrons. The summed E-state index contributed by atoms with van der Waals surface area (Å²) in [6, 6.07) is 0. The molecule has 2 atom stereocenters. The van der Waals surface area contributed by atoms with Crippen LogP contribution in [0.15, 0.2) is 12.7 Å². The first kappa shape index (κ1) is 10.7. The summed E-state index contributed by atoms with van der Waals surface area (Å²) in [6.07, 6.45) is 3.36. The average Bonchev–Trinajstić information content (AvgIpc) is 1.88. The van der Waals surface area contributed by atoms with Crippen molar-refractivity contribution in [1.29, 1.82) is 0 Å². The van der Waals surface area contributed by atoms with Crippen LogP contribution in [0.3, 0.4) is 0 Å². The Balaban J connectivity index is 3.90. The van der Waals surface area contributed by atoms with Crippen LogP contribution in [0.5, 0.6) is 0 Å². The third-order valence-corrected chi connectivity index (χ3v) is 2.23. The predicted molar refractivity (Wildman–Crippen MR) is 49.4 cm³/mol. The number of hydrogen-bond acceptors (Lipinski definition) is 1. The third kappa shape index (κ3) is 3.57. The van der Waals surface area contributed by atoms with Crippen LogP contribution in [0.4, 0.5) is 0 Å². The Kier molecular flexibility index (Phi) is 5.22. The molecule has 0 aromatic carbocycles. The molecule has 1 nitrogen and oxygen atoms in total. The van der Waals surface area contributed by atoms with E-state index in [0.29, 0.717) is 11.8 Å². The molecule has 0 bridgehead atoms. The van der Waals surface area contributed by atoms with Crippen molar-refractivity contribution in [3.63, 3.8) is 0 Å². The fourth-order valence-electron chi connectivity index (χ4n) is 1.53. The van der Waals surface area contributed by atoms with Crippen LogP contribution in [-0.2, 0) is 0 Å². The summed E-state index contributed by atoms with van der Waals surface area (Å²) in [5.41, 5.74) is 0. The third-order valence-electron chi connectivity index (χ3n) is 2.23. The number of rotatable bonds is 5. The van der Waals surface area contributed by atoms with Crippen molar-refractivity contribution in [2.24, 2.45) is 11.8 Å². The van der Waals surface area contributed by atoms with E-state index in [-0.39, 0.29) is 6.10 Å². The van der Waals surface area contributed by atoms with Crippen LogP contribution in [0, 0.1) is 11.8 Å². The fraction of sp³-hybridized carbons (Fsp3) is 0.800. The number of aliphatic hydroxyl groups excluding tert-OH is 1. The van der Waals surface area contributed by atoms with Crippen molar-refractivity contribution in [3.05, 3.63) is 12.7 Å². The second-order valence-electron chi connectivity index (χ2n) is 3.41. The van der Waals surface area contributed by atoms with E-state index < -0.39 is 0 Å². The molecule has 0 saturated heterocycles. The van der Waals surface area contributed by atoms with Crippen molar-refractivity contribution in [1.82, 2.24) is 0 Å². The van der Waals surface area contributed by atoms with Crippen molar-refractivity contribution in [2.75, 3.05) is 0 Å². The van der Waals surface area contributed by atoms with Gasteiger partial charge in [0.05, 0.1) is 6.10 Å². The Morgan fingerprint density at radius 2 is 2.00 bits per heavy atom. The van der Waals surface area contributed by atoms with Gasteiger partial charge in [-0.15, -0.1) is 6.58 Å². The second kappa shape index (κ2) is 5.36. The summed E-state index contributed by atoms with van der Waals surface area (Å²) >= 11 is 0. The van der Waals surface area contributed by atoms with E-state index in [4.69, 9.17) is 0 Å². The molecule has 0 aromatic rings. The van der Waals surface area contributed by atoms with Crippen LogP contribution in [0.2, 0.25) is 0 Å². The minimum atomic E-state index is -0.197. The van der Waals surface area contributed by atoms with Gasteiger partial charge in [0.1, 0.15) is 0 Å². The van der Waals surface area contributed by atoms with Gasteiger partial charge >= 0.3 is 0 Å². The van der Waals surface area contributed by atoms with Crippen LogP contribution < -0.4 is 0 Å².